The molecule has 2 aliphatic heterocycles. The molecule has 2 aromatic rings. The second-order valence-corrected chi connectivity index (χ2v) is 7.80. The molecule has 5 heteroatoms. The van der Waals surface area contributed by atoms with E-state index in [2.05, 4.69) is 33.3 Å². The van der Waals surface area contributed by atoms with Gasteiger partial charge in [0, 0.05) is 43.6 Å². The Balaban J connectivity index is 1.50. The van der Waals surface area contributed by atoms with Gasteiger partial charge in [0.15, 0.2) is 0 Å². The highest BCUT2D eigenvalue weighted by Gasteiger charge is 2.22. The lowest BCUT2D eigenvalue weighted by Gasteiger charge is -2.36. The summed E-state index contributed by atoms with van der Waals surface area (Å²) in [6.45, 7) is 3.91. The Kier molecular flexibility index (Phi) is 5.66. The largest absolute Gasteiger partial charge is 0.379 e. The molecule has 4 rings (SSSR count). The molecule has 0 aromatic heterocycles. The van der Waals surface area contributed by atoms with Gasteiger partial charge in [-0.3, -0.25) is 0 Å². The molecule has 0 amide bonds. The van der Waals surface area contributed by atoms with Crippen molar-refractivity contribution in [3.8, 4) is 6.07 Å². The predicted octanol–water partition coefficient (Wildman–Crippen LogP) is 4.77. The summed E-state index contributed by atoms with van der Waals surface area (Å²) < 4.78 is 13.6. The molecule has 0 bridgehead atoms. The lowest BCUT2D eigenvalue weighted by Crippen LogP contribution is -2.42. The standard InChI is InChI=1S/C23H27FN4/c24-19-6-4-8-21(14-19)28-13-5-7-20(17-28)26-23-15-22(10-9-18(23)16-25)27-11-2-1-3-12-27/h4,6,8-10,14-15,20,26H,1-3,5,7,11-13,17H2. The van der Waals surface area contributed by atoms with E-state index in [1.54, 1.807) is 12.1 Å². The van der Waals surface area contributed by atoms with Gasteiger partial charge in [0.25, 0.3) is 0 Å². The summed E-state index contributed by atoms with van der Waals surface area (Å²) in [5.41, 5.74) is 3.72. The molecule has 1 atom stereocenters. The maximum atomic E-state index is 13.6. The van der Waals surface area contributed by atoms with Gasteiger partial charge in [0.2, 0.25) is 0 Å². The van der Waals surface area contributed by atoms with Crippen LogP contribution in [0, 0.1) is 17.1 Å². The minimum absolute atomic E-state index is 0.200. The minimum atomic E-state index is -0.200. The second kappa shape index (κ2) is 8.52. The number of hydrogen-bond donors (Lipinski definition) is 1. The zero-order chi connectivity index (χ0) is 19.3. The molecule has 0 saturated carbocycles. The van der Waals surface area contributed by atoms with E-state index in [-0.39, 0.29) is 11.9 Å². The fraction of sp³-hybridized carbons (Fsp3) is 0.435. The summed E-state index contributed by atoms with van der Waals surface area (Å²) in [4.78, 5) is 4.64. The van der Waals surface area contributed by atoms with Crippen LogP contribution in [-0.4, -0.2) is 32.2 Å². The Hall–Kier alpha value is -2.74. The number of nitrogens with zero attached hydrogens (tertiary/aromatic N) is 3. The molecular formula is C23H27FN4. The zero-order valence-corrected chi connectivity index (χ0v) is 16.2. The van der Waals surface area contributed by atoms with Crippen molar-refractivity contribution in [3.05, 3.63) is 53.8 Å². The second-order valence-electron chi connectivity index (χ2n) is 7.80. The van der Waals surface area contributed by atoms with Crippen LogP contribution in [0.2, 0.25) is 0 Å². The molecule has 1 unspecified atom stereocenters. The molecule has 2 heterocycles. The Morgan fingerprint density at radius 3 is 2.50 bits per heavy atom. The first-order valence-corrected chi connectivity index (χ1v) is 10.3. The average Bonchev–Trinajstić information content (AvgIpc) is 2.74. The number of hydrogen-bond acceptors (Lipinski definition) is 4. The van der Waals surface area contributed by atoms with E-state index in [1.165, 1.54) is 31.0 Å². The highest BCUT2D eigenvalue weighted by Crippen LogP contribution is 2.28. The topological polar surface area (TPSA) is 42.3 Å². The highest BCUT2D eigenvalue weighted by atomic mass is 19.1. The van der Waals surface area contributed by atoms with Crippen molar-refractivity contribution in [1.29, 1.82) is 5.26 Å². The number of halogens is 1. The van der Waals surface area contributed by atoms with Gasteiger partial charge in [-0.1, -0.05) is 6.07 Å². The van der Waals surface area contributed by atoms with E-state index in [0.29, 0.717) is 5.56 Å². The molecule has 0 radical (unpaired) electrons. The van der Waals surface area contributed by atoms with Crippen molar-refractivity contribution >= 4 is 17.1 Å². The fourth-order valence-electron chi connectivity index (χ4n) is 4.32. The van der Waals surface area contributed by atoms with Crippen LogP contribution in [0.1, 0.15) is 37.7 Å². The van der Waals surface area contributed by atoms with Gasteiger partial charge in [0.1, 0.15) is 11.9 Å². The normalized spacial score (nSPS) is 19.9. The van der Waals surface area contributed by atoms with Crippen molar-refractivity contribution in [3.63, 3.8) is 0 Å². The number of benzene rings is 2. The van der Waals surface area contributed by atoms with Gasteiger partial charge in [0.05, 0.1) is 11.3 Å². The summed E-state index contributed by atoms with van der Waals surface area (Å²) in [6, 6.07) is 15.5. The first-order chi connectivity index (χ1) is 13.7. The van der Waals surface area contributed by atoms with Gasteiger partial charge in [-0.05, 0) is 68.5 Å². The molecule has 1 N–H and O–H groups in total. The monoisotopic (exact) mass is 378 g/mol. The third kappa shape index (κ3) is 4.22. The summed E-state index contributed by atoms with van der Waals surface area (Å²) in [7, 11) is 0. The summed E-state index contributed by atoms with van der Waals surface area (Å²) >= 11 is 0. The van der Waals surface area contributed by atoms with Crippen LogP contribution in [0.25, 0.3) is 0 Å². The SMILES string of the molecule is N#Cc1ccc(N2CCCCC2)cc1NC1CCCN(c2cccc(F)c2)C1. The third-order valence-corrected chi connectivity index (χ3v) is 5.80. The van der Waals surface area contributed by atoms with Crippen molar-refractivity contribution in [2.24, 2.45) is 0 Å². The molecule has 2 fully saturated rings. The molecule has 0 aliphatic carbocycles. The summed E-state index contributed by atoms with van der Waals surface area (Å²) in [5, 5.41) is 13.2. The zero-order valence-electron chi connectivity index (χ0n) is 16.2. The Labute approximate surface area is 166 Å². The lowest BCUT2D eigenvalue weighted by molar-refractivity contribution is 0.528. The van der Waals surface area contributed by atoms with Crippen LogP contribution >= 0.6 is 0 Å². The van der Waals surface area contributed by atoms with Crippen molar-refractivity contribution in [2.75, 3.05) is 41.3 Å². The fourth-order valence-corrected chi connectivity index (χ4v) is 4.32. The molecular weight excluding hydrogens is 351 g/mol. The Morgan fingerprint density at radius 2 is 1.71 bits per heavy atom. The molecule has 146 valence electrons. The molecule has 2 aliphatic rings. The van der Waals surface area contributed by atoms with E-state index in [9.17, 15) is 9.65 Å². The van der Waals surface area contributed by atoms with Crippen molar-refractivity contribution in [1.82, 2.24) is 0 Å². The van der Waals surface area contributed by atoms with Crippen LogP contribution in [0.4, 0.5) is 21.5 Å². The Bertz CT molecular complexity index is 854. The van der Waals surface area contributed by atoms with E-state index >= 15 is 0 Å². The average molecular weight is 378 g/mol. The minimum Gasteiger partial charge on any atom is -0.379 e. The van der Waals surface area contributed by atoms with Gasteiger partial charge in [-0.2, -0.15) is 5.26 Å². The van der Waals surface area contributed by atoms with Gasteiger partial charge in [-0.15, -0.1) is 0 Å². The van der Waals surface area contributed by atoms with Crippen molar-refractivity contribution in [2.45, 2.75) is 38.1 Å². The number of anilines is 3. The van der Waals surface area contributed by atoms with Gasteiger partial charge >= 0.3 is 0 Å². The van der Waals surface area contributed by atoms with Gasteiger partial charge in [-0.25, -0.2) is 4.39 Å². The van der Waals surface area contributed by atoms with Crippen LogP contribution < -0.4 is 15.1 Å². The van der Waals surface area contributed by atoms with Crippen LogP contribution in [0.3, 0.4) is 0 Å². The maximum Gasteiger partial charge on any atom is 0.125 e. The smallest absolute Gasteiger partial charge is 0.125 e. The van der Waals surface area contributed by atoms with E-state index < -0.39 is 0 Å². The molecule has 0 spiro atoms. The van der Waals surface area contributed by atoms with Crippen molar-refractivity contribution < 1.29 is 4.39 Å². The quantitative estimate of drug-likeness (QED) is 0.832. The van der Waals surface area contributed by atoms with Crippen LogP contribution in [-0.2, 0) is 0 Å². The number of nitriles is 1. The first kappa shape index (κ1) is 18.6. The maximum absolute atomic E-state index is 13.6. The van der Waals surface area contributed by atoms with Crippen LogP contribution in [0.15, 0.2) is 42.5 Å². The Morgan fingerprint density at radius 1 is 0.929 bits per heavy atom. The number of nitrogens with one attached hydrogen (secondary N) is 1. The van der Waals surface area contributed by atoms with E-state index in [4.69, 9.17) is 0 Å². The predicted molar refractivity (Wildman–Crippen MR) is 112 cm³/mol. The van der Waals surface area contributed by atoms with Crippen LogP contribution in [0.5, 0.6) is 0 Å². The third-order valence-electron chi connectivity index (χ3n) is 5.80. The number of rotatable bonds is 4. The molecule has 2 aromatic carbocycles. The lowest BCUT2D eigenvalue weighted by atomic mass is 10.0. The first-order valence-electron chi connectivity index (χ1n) is 10.3. The van der Waals surface area contributed by atoms with E-state index in [1.807, 2.05) is 12.1 Å². The summed E-state index contributed by atoms with van der Waals surface area (Å²) in [5.74, 6) is -0.200. The highest BCUT2D eigenvalue weighted by molar-refractivity contribution is 5.66. The molecule has 4 nitrogen and oxygen atoms in total. The van der Waals surface area contributed by atoms with Gasteiger partial charge < -0.3 is 15.1 Å². The number of piperidine rings is 2. The molecule has 2 saturated heterocycles. The van der Waals surface area contributed by atoms with E-state index in [0.717, 1.165) is 50.4 Å². The summed E-state index contributed by atoms with van der Waals surface area (Å²) in [6.07, 6.45) is 5.85. The molecule has 28 heavy (non-hydrogen) atoms.